The van der Waals surface area contributed by atoms with Crippen molar-refractivity contribution in [1.29, 1.82) is 0 Å². The highest BCUT2D eigenvalue weighted by Crippen LogP contribution is 2.26. The van der Waals surface area contributed by atoms with Gasteiger partial charge in [0, 0.05) is 24.5 Å². The van der Waals surface area contributed by atoms with Gasteiger partial charge in [-0.05, 0) is 29.2 Å². The lowest BCUT2D eigenvalue weighted by atomic mass is 9.93. The molecular formula is C19H24BrN. The molecule has 1 aliphatic rings. The van der Waals surface area contributed by atoms with Crippen molar-refractivity contribution in [3.63, 3.8) is 0 Å². The molecule has 0 unspecified atom stereocenters. The van der Waals surface area contributed by atoms with E-state index in [1.54, 1.807) is 0 Å². The molecule has 2 aromatic rings. The number of fused-ring (bicyclic) bond motifs is 1. The minimum Gasteiger partial charge on any atom is -0.295 e. The quantitative estimate of drug-likeness (QED) is 0.658. The molecule has 0 amide bonds. The Hall–Kier alpha value is -0.860. The van der Waals surface area contributed by atoms with Crippen LogP contribution in [0, 0.1) is 0 Å². The standard InChI is InChI=1S/C19H24BrN/c20-13-14-21(18-10-2-1-3-11-18)15-17-9-6-8-16-7-4-5-12-19(16)17/h4-9,12,18H,1-3,10-11,13-15H2. The van der Waals surface area contributed by atoms with E-state index in [-0.39, 0.29) is 0 Å². The van der Waals surface area contributed by atoms with Gasteiger partial charge in [0.05, 0.1) is 0 Å². The Kier molecular flexibility index (Phi) is 5.32. The maximum absolute atomic E-state index is 3.64. The van der Waals surface area contributed by atoms with Gasteiger partial charge >= 0.3 is 0 Å². The van der Waals surface area contributed by atoms with Crippen molar-refractivity contribution in [1.82, 2.24) is 4.90 Å². The van der Waals surface area contributed by atoms with E-state index in [4.69, 9.17) is 0 Å². The molecule has 21 heavy (non-hydrogen) atoms. The van der Waals surface area contributed by atoms with Crippen LogP contribution in [0.2, 0.25) is 0 Å². The van der Waals surface area contributed by atoms with Crippen LogP contribution in [0.4, 0.5) is 0 Å². The van der Waals surface area contributed by atoms with Crippen LogP contribution < -0.4 is 0 Å². The van der Waals surface area contributed by atoms with E-state index < -0.39 is 0 Å². The summed E-state index contributed by atoms with van der Waals surface area (Å²) in [5.74, 6) is 0. The van der Waals surface area contributed by atoms with Crippen LogP contribution in [0.3, 0.4) is 0 Å². The van der Waals surface area contributed by atoms with Crippen LogP contribution in [0.15, 0.2) is 42.5 Å². The van der Waals surface area contributed by atoms with Crippen LogP contribution in [0.5, 0.6) is 0 Å². The molecule has 3 rings (SSSR count). The molecular weight excluding hydrogens is 322 g/mol. The second kappa shape index (κ2) is 7.42. The van der Waals surface area contributed by atoms with Crippen molar-refractivity contribution >= 4 is 26.7 Å². The van der Waals surface area contributed by atoms with Gasteiger partial charge in [0.25, 0.3) is 0 Å². The number of benzene rings is 2. The molecule has 2 heteroatoms. The number of halogens is 1. The summed E-state index contributed by atoms with van der Waals surface area (Å²) in [5, 5.41) is 3.83. The predicted octanol–water partition coefficient (Wildman–Crippen LogP) is 5.37. The molecule has 2 aromatic carbocycles. The first-order chi connectivity index (χ1) is 10.4. The third-order valence-corrected chi connectivity index (χ3v) is 5.07. The molecule has 0 heterocycles. The predicted molar refractivity (Wildman–Crippen MR) is 95.0 cm³/mol. The summed E-state index contributed by atoms with van der Waals surface area (Å²) in [5.41, 5.74) is 1.47. The van der Waals surface area contributed by atoms with E-state index >= 15 is 0 Å². The molecule has 0 radical (unpaired) electrons. The van der Waals surface area contributed by atoms with Gasteiger partial charge in [-0.1, -0.05) is 77.7 Å². The zero-order chi connectivity index (χ0) is 14.5. The van der Waals surface area contributed by atoms with E-state index in [9.17, 15) is 0 Å². The average molecular weight is 346 g/mol. The summed E-state index contributed by atoms with van der Waals surface area (Å²) in [6.07, 6.45) is 6.97. The van der Waals surface area contributed by atoms with E-state index in [1.165, 1.54) is 48.4 Å². The molecule has 1 aliphatic carbocycles. The normalized spacial score (nSPS) is 16.7. The molecule has 0 aromatic heterocycles. The first kappa shape index (κ1) is 15.1. The first-order valence-corrected chi connectivity index (χ1v) is 9.27. The third-order valence-electron chi connectivity index (χ3n) is 4.72. The minimum absolute atomic E-state index is 0.773. The summed E-state index contributed by atoms with van der Waals surface area (Å²) in [7, 11) is 0. The number of alkyl halides is 1. The molecule has 112 valence electrons. The van der Waals surface area contributed by atoms with Crippen molar-refractivity contribution in [2.24, 2.45) is 0 Å². The van der Waals surface area contributed by atoms with Crippen molar-refractivity contribution in [2.75, 3.05) is 11.9 Å². The number of hydrogen-bond donors (Lipinski definition) is 0. The third kappa shape index (κ3) is 3.67. The fourth-order valence-corrected chi connectivity index (χ4v) is 4.05. The SMILES string of the molecule is BrCCN(Cc1cccc2ccccc12)C1CCCCC1. The largest absolute Gasteiger partial charge is 0.295 e. The highest BCUT2D eigenvalue weighted by Gasteiger charge is 2.21. The molecule has 1 saturated carbocycles. The highest BCUT2D eigenvalue weighted by atomic mass is 79.9. The maximum atomic E-state index is 3.64. The Morgan fingerprint density at radius 1 is 0.952 bits per heavy atom. The lowest BCUT2D eigenvalue weighted by Crippen LogP contribution is -2.37. The minimum atomic E-state index is 0.773. The van der Waals surface area contributed by atoms with E-state index in [0.717, 1.165) is 24.5 Å². The van der Waals surface area contributed by atoms with Crippen molar-refractivity contribution in [2.45, 2.75) is 44.7 Å². The highest BCUT2D eigenvalue weighted by molar-refractivity contribution is 9.09. The van der Waals surface area contributed by atoms with E-state index in [0.29, 0.717) is 0 Å². The van der Waals surface area contributed by atoms with Gasteiger partial charge in [-0.2, -0.15) is 0 Å². The van der Waals surface area contributed by atoms with Crippen molar-refractivity contribution < 1.29 is 0 Å². The molecule has 0 atom stereocenters. The van der Waals surface area contributed by atoms with Crippen LogP contribution in [0.25, 0.3) is 10.8 Å². The molecule has 0 aliphatic heterocycles. The van der Waals surface area contributed by atoms with Crippen molar-refractivity contribution in [3.05, 3.63) is 48.0 Å². The average Bonchev–Trinajstić information content (AvgIpc) is 2.55. The first-order valence-electron chi connectivity index (χ1n) is 8.15. The smallest absolute Gasteiger partial charge is 0.0243 e. The van der Waals surface area contributed by atoms with E-state index in [1.807, 2.05) is 0 Å². The van der Waals surface area contributed by atoms with Crippen LogP contribution in [-0.4, -0.2) is 22.8 Å². The number of hydrogen-bond acceptors (Lipinski definition) is 1. The zero-order valence-corrected chi connectivity index (χ0v) is 14.2. The molecule has 1 fully saturated rings. The lowest BCUT2D eigenvalue weighted by molar-refractivity contribution is 0.158. The number of nitrogens with zero attached hydrogens (tertiary/aromatic N) is 1. The van der Waals surface area contributed by atoms with Gasteiger partial charge in [-0.3, -0.25) is 4.90 Å². The summed E-state index contributed by atoms with van der Waals surface area (Å²) in [6.45, 7) is 2.23. The monoisotopic (exact) mass is 345 g/mol. The molecule has 0 bridgehead atoms. The molecule has 0 spiro atoms. The Balaban J connectivity index is 1.83. The van der Waals surface area contributed by atoms with Crippen LogP contribution >= 0.6 is 15.9 Å². The lowest BCUT2D eigenvalue weighted by Gasteiger charge is -2.34. The zero-order valence-electron chi connectivity index (χ0n) is 12.6. The van der Waals surface area contributed by atoms with Gasteiger partial charge in [0.2, 0.25) is 0 Å². The van der Waals surface area contributed by atoms with E-state index in [2.05, 4.69) is 63.3 Å². The summed E-state index contributed by atoms with van der Waals surface area (Å²) in [6, 6.07) is 16.2. The summed E-state index contributed by atoms with van der Waals surface area (Å²) in [4.78, 5) is 2.69. The number of rotatable bonds is 5. The molecule has 0 saturated heterocycles. The van der Waals surface area contributed by atoms with Gasteiger partial charge in [0.1, 0.15) is 0 Å². The fraction of sp³-hybridized carbons (Fsp3) is 0.474. The second-order valence-corrected chi connectivity index (χ2v) is 6.88. The van der Waals surface area contributed by atoms with Gasteiger partial charge in [-0.25, -0.2) is 0 Å². The topological polar surface area (TPSA) is 3.24 Å². The maximum Gasteiger partial charge on any atom is 0.0243 e. The van der Waals surface area contributed by atoms with Crippen LogP contribution in [0.1, 0.15) is 37.7 Å². The second-order valence-electron chi connectivity index (χ2n) is 6.09. The van der Waals surface area contributed by atoms with Gasteiger partial charge in [0.15, 0.2) is 0 Å². The van der Waals surface area contributed by atoms with Gasteiger partial charge in [-0.15, -0.1) is 0 Å². The molecule has 1 nitrogen and oxygen atoms in total. The van der Waals surface area contributed by atoms with Gasteiger partial charge < -0.3 is 0 Å². The molecule has 0 N–H and O–H groups in total. The summed E-state index contributed by atoms with van der Waals surface area (Å²) < 4.78 is 0. The fourth-order valence-electron chi connectivity index (χ4n) is 3.59. The Bertz CT molecular complexity index is 569. The van der Waals surface area contributed by atoms with Crippen LogP contribution in [-0.2, 0) is 6.54 Å². The Morgan fingerprint density at radius 2 is 1.71 bits per heavy atom. The Labute approximate surface area is 136 Å². The summed E-state index contributed by atoms with van der Waals surface area (Å²) >= 11 is 3.64. The van der Waals surface area contributed by atoms with Crippen molar-refractivity contribution in [3.8, 4) is 0 Å². The Morgan fingerprint density at radius 3 is 2.52 bits per heavy atom.